The zero-order valence-corrected chi connectivity index (χ0v) is 9.78. The number of benzene rings is 1. The van der Waals surface area contributed by atoms with Gasteiger partial charge in [-0.15, -0.1) is 0 Å². The summed E-state index contributed by atoms with van der Waals surface area (Å²) < 4.78 is 4.96. The van der Waals surface area contributed by atoms with Crippen molar-refractivity contribution >= 4 is 17.6 Å². The minimum atomic E-state index is -1.35. The van der Waals surface area contributed by atoms with E-state index in [0.29, 0.717) is 16.3 Å². The number of halogens is 1. The molecule has 0 amide bonds. The van der Waals surface area contributed by atoms with Crippen LogP contribution in [0.2, 0.25) is 5.02 Å². The van der Waals surface area contributed by atoms with E-state index in [1.165, 1.54) is 20.1 Å². The van der Waals surface area contributed by atoms with Crippen molar-refractivity contribution in [1.29, 1.82) is 0 Å². The summed E-state index contributed by atoms with van der Waals surface area (Å²) in [5, 5.41) is 18.6. The van der Waals surface area contributed by atoms with Crippen LogP contribution in [-0.4, -0.2) is 29.9 Å². The lowest BCUT2D eigenvalue weighted by Crippen LogP contribution is -2.36. The third kappa shape index (κ3) is 2.13. The van der Waals surface area contributed by atoms with Crippen molar-refractivity contribution < 1.29 is 19.7 Å². The molecule has 0 heterocycles. The summed E-state index contributed by atoms with van der Waals surface area (Å²) in [7, 11) is 1.48. The van der Waals surface area contributed by atoms with E-state index in [4.69, 9.17) is 21.4 Å². The molecule has 0 aromatic heterocycles. The fraction of sp³-hybridized carbons (Fsp3) is 0.364. The van der Waals surface area contributed by atoms with Crippen LogP contribution < -0.4 is 4.74 Å². The Balaban J connectivity index is 3.23. The number of hydrogen-bond acceptors (Lipinski definition) is 3. The predicted molar refractivity (Wildman–Crippen MR) is 60.1 cm³/mol. The smallest absolute Gasteiger partial charge is 0.316 e. The van der Waals surface area contributed by atoms with Gasteiger partial charge in [-0.05, 0) is 24.6 Å². The first-order valence-electron chi connectivity index (χ1n) is 4.64. The normalized spacial score (nSPS) is 14.2. The third-order valence-electron chi connectivity index (χ3n) is 2.58. The topological polar surface area (TPSA) is 66.8 Å². The number of aliphatic hydroxyl groups excluding tert-OH is 1. The first-order chi connectivity index (χ1) is 7.45. The van der Waals surface area contributed by atoms with Crippen LogP contribution in [0.15, 0.2) is 18.2 Å². The average Bonchev–Trinajstić information content (AvgIpc) is 2.27. The number of aliphatic hydroxyl groups is 1. The van der Waals surface area contributed by atoms with Crippen LogP contribution >= 0.6 is 11.6 Å². The highest BCUT2D eigenvalue weighted by Crippen LogP contribution is 2.31. The molecule has 1 rings (SSSR count). The van der Waals surface area contributed by atoms with Crippen LogP contribution in [0.5, 0.6) is 5.75 Å². The van der Waals surface area contributed by atoms with Gasteiger partial charge in [-0.25, -0.2) is 0 Å². The Morgan fingerprint density at radius 2 is 2.19 bits per heavy atom. The number of carboxylic acids is 1. The third-order valence-corrected chi connectivity index (χ3v) is 2.87. The molecule has 0 aliphatic carbocycles. The second-order valence-corrected chi connectivity index (χ2v) is 4.05. The fourth-order valence-corrected chi connectivity index (χ4v) is 1.55. The van der Waals surface area contributed by atoms with Crippen molar-refractivity contribution in [2.75, 3.05) is 13.7 Å². The maximum absolute atomic E-state index is 11.1. The zero-order valence-electron chi connectivity index (χ0n) is 9.03. The van der Waals surface area contributed by atoms with E-state index < -0.39 is 18.0 Å². The van der Waals surface area contributed by atoms with Crippen molar-refractivity contribution in [2.45, 2.75) is 12.3 Å². The highest BCUT2D eigenvalue weighted by atomic mass is 35.5. The van der Waals surface area contributed by atoms with Crippen LogP contribution in [0.25, 0.3) is 0 Å². The summed E-state index contributed by atoms with van der Waals surface area (Å²) in [5.74, 6) is -0.632. The first kappa shape index (κ1) is 12.8. The van der Waals surface area contributed by atoms with Gasteiger partial charge in [0.2, 0.25) is 0 Å². The quantitative estimate of drug-likeness (QED) is 0.846. The van der Waals surface area contributed by atoms with Gasteiger partial charge in [0.25, 0.3) is 0 Å². The lowest BCUT2D eigenvalue weighted by molar-refractivity contribution is -0.144. The van der Waals surface area contributed by atoms with Crippen LogP contribution in [0.4, 0.5) is 0 Å². The Kier molecular flexibility index (Phi) is 3.78. The molecule has 2 N–H and O–H groups in total. The molecule has 1 unspecified atom stereocenters. The predicted octanol–water partition coefficient (Wildman–Crippen LogP) is 1.68. The van der Waals surface area contributed by atoms with Crippen molar-refractivity contribution in [3.8, 4) is 5.75 Å². The van der Waals surface area contributed by atoms with Gasteiger partial charge in [-0.2, -0.15) is 0 Å². The Labute approximate surface area is 98.4 Å². The number of hydrogen-bond donors (Lipinski definition) is 2. The summed E-state index contributed by atoms with van der Waals surface area (Å²) in [6.45, 7) is 0.943. The fourth-order valence-electron chi connectivity index (χ4n) is 1.29. The largest absolute Gasteiger partial charge is 0.495 e. The van der Waals surface area contributed by atoms with E-state index in [1.54, 1.807) is 12.1 Å². The van der Waals surface area contributed by atoms with Crippen LogP contribution in [0, 0.1) is 0 Å². The Morgan fingerprint density at radius 3 is 2.56 bits per heavy atom. The lowest BCUT2D eigenvalue weighted by Gasteiger charge is -2.23. The van der Waals surface area contributed by atoms with Crippen LogP contribution in [0.1, 0.15) is 12.5 Å². The molecular formula is C11H13ClO4. The Bertz CT molecular complexity index is 405. The second kappa shape index (κ2) is 4.72. The molecule has 0 aliphatic heterocycles. The Hall–Kier alpha value is -1.26. The van der Waals surface area contributed by atoms with E-state index in [-0.39, 0.29) is 0 Å². The van der Waals surface area contributed by atoms with Gasteiger partial charge >= 0.3 is 5.97 Å². The van der Waals surface area contributed by atoms with Gasteiger partial charge in [-0.3, -0.25) is 4.79 Å². The molecule has 0 bridgehead atoms. The standard InChI is InChI=1S/C11H13ClO4/c1-11(6-13,10(14)15)7-3-4-9(16-2)8(12)5-7/h3-5,13H,6H2,1-2H3,(H,14,15). The Morgan fingerprint density at radius 1 is 1.56 bits per heavy atom. The second-order valence-electron chi connectivity index (χ2n) is 3.64. The number of carbonyl (C=O) groups is 1. The number of rotatable bonds is 4. The monoisotopic (exact) mass is 244 g/mol. The molecule has 16 heavy (non-hydrogen) atoms. The number of aliphatic carboxylic acids is 1. The molecule has 1 aromatic carbocycles. The van der Waals surface area contributed by atoms with E-state index in [1.807, 2.05) is 0 Å². The summed E-state index contributed by atoms with van der Waals surface area (Å²) >= 11 is 5.90. The molecule has 4 nitrogen and oxygen atoms in total. The average molecular weight is 245 g/mol. The van der Waals surface area contributed by atoms with Gasteiger partial charge in [0.15, 0.2) is 0 Å². The SMILES string of the molecule is COc1ccc(C(C)(CO)C(=O)O)cc1Cl. The summed E-state index contributed by atoms with van der Waals surface area (Å²) in [6, 6.07) is 4.65. The molecule has 0 radical (unpaired) electrons. The number of carboxylic acid groups (broad SMARTS) is 1. The van der Waals surface area contributed by atoms with E-state index in [2.05, 4.69) is 0 Å². The van der Waals surface area contributed by atoms with E-state index in [0.717, 1.165) is 0 Å². The molecule has 0 aliphatic rings. The van der Waals surface area contributed by atoms with Crippen molar-refractivity contribution in [3.05, 3.63) is 28.8 Å². The molecule has 0 saturated carbocycles. The highest BCUT2D eigenvalue weighted by molar-refractivity contribution is 6.32. The first-order valence-corrected chi connectivity index (χ1v) is 5.01. The van der Waals surface area contributed by atoms with Crippen molar-refractivity contribution in [1.82, 2.24) is 0 Å². The minimum absolute atomic E-state index is 0.320. The van der Waals surface area contributed by atoms with Gasteiger partial charge in [0.1, 0.15) is 11.2 Å². The van der Waals surface area contributed by atoms with Crippen molar-refractivity contribution in [2.24, 2.45) is 0 Å². The summed E-state index contributed by atoms with van der Waals surface area (Å²) in [5.41, 5.74) is -0.913. The maximum atomic E-state index is 11.1. The molecule has 0 saturated heterocycles. The van der Waals surface area contributed by atoms with E-state index in [9.17, 15) is 9.90 Å². The molecule has 1 atom stereocenters. The molecule has 0 spiro atoms. The molecule has 1 aromatic rings. The lowest BCUT2D eigenvalue weighted by atomic mass is 9.83. The molecule has 5 heteroatoms. The summed E-state index contributed by atoms with van der Waals surface area (Å²) in [4.78, 5) is 11.1. The molecular weight excluding hydrogens is 232 g/mol. The molecule has 88 valence electrons. The number of ether oxygens (including phenoxy) is 1. The van der Waals surface area contributed by atoms with Gasteiger partial charge < -0.3 is 14.9 Å². The molecule has 0 fully saturated rings. The van der Waals surface area contributed by atoms with Gasteiger partial charge in [0.05, 0.1) is 18.7 Å². The highest BCUT2D eigenvalue weighted by Gasteiger charge is 2.34. The van der Waals surface area contributed by atoms with Gasteiger partial charge in [0, 0.05) is 0 Å². The van der Waals surface area contributed by atoms with Crippen molar-refractivity contribution in [3.63, 3.8) is 0 Å². The van der Waals surface area contributed by atoms with Gasteiger partial charge in [-0.1, -0.05) is 17.7 Å². The van der Waals surface area contributed by atoms with E-state index >= 15 is 0 Å². The van der Waals surface area contributed by atoms with Crippen LogP contribution in [-0.2, 0) is 10.2 Å². The van der Waals surface area contributed by atoms with Crippen LogP contribution in [0.3, 0.4) is 0 Å². The summed E-state index contributed by atoms with van der Waals surface area (Å²) in [6.07, 6.45) is 0. The maximum Gasteiger partial charge on any atom is 0.316 e. The number of methoxy groups -OCH3 is 1. The zero-order chi connectivity index (χ0) is 12.3. The minimum Gasteiger partial charge on any atom is -0.495 e.